The number of amides is 1. The van der Waals surface area contributed by atoms with E-state index in [1.807, 2.05) is 0 Å². The van der Waals surface area contributed by atoms with Crippen molar-refractivity contribution in [2.45, 2.75) is 32.2 Å². The summed E-state index contributed by atoms with van der Waals surface area (Å²) in [5, 5.41) is 12.0. The van der Waals surface area contributed by atoms with Crippen LogP contribution in [0.2, 0.25) is 0 Å². The van der Waals surface area contributed by atoms with Crippen LogP contribution in [-0.4, -0.2) is 23.6 Å². The number of para-hydroxylation sites is 1. The maximum absolute atomic E-state index is 14.0. The third-order valence-corrected chi connectivity index (χ3v) is 4.15. The van der Waals surface area contributed by atoms with Gasteiger partial charge in [0.05, 0.1) is 12.6 Å². The molecule has 2 N–H and O–H groups in total. The number of carboxylic acids is 1. The number of hydrogen-bond donors (Lipinski definition) is 2. The van der Waals surface area contributed by atoms with Crippen LogP contribution in [0, 0.1) is 5.82 Å². The number of carbonyl (C=O) groups excluding carboxylic acids is 1. The number of nitrogens with one attached hydrogen (secondary N) is 1. The van der Waals surface area contributed by atoms with Crippen LogP contribution in [-0.2, 0) is 6.42 Å². The molecule has 1 aromatic carbocycles. The summed E-state index contributed by atoms with van der Waals surface area (Å²) in [7, 11) is 0. The predicted octanol–water partition coefficient (Wildman–Crippen LogP) is 3.32. The zero-order valence-electron chi connectivity index (χ0n) is 13.7. The van der Waals surface area contributed by atoms with Gasteiger partial charge in [0.15, 0.2) is 17.3 Å². The SMILES string of the molecule is CCc1oc(C(=O)NC2CCCOc3c(F)cccc32)cc1C(=O)O. The van der Waals surface area contributed by atoms with E-state index < -0.39 is 23.7 Å². The molecule has 0 fully saturated rings. The molecular formula is C18H18FNO5. The number of ether oxygens (including phenoxy) is 1. The summed E-state index contributed by atoms with van der Waals surface area (Å²) in [6.07, 6.45) is 1.59. The fourth-order valence-corrected chi connectivity index (χ4v) is 2.93. The predicted molar refractivity (Wildman–Crippen MR) is 86.4 cm³/mol. The number of halogens is 1. The van der Waals surface area contributed by atoms with Crippen LogP contribution >= 0.6 is 0 Å². The molecule has 1 aromatic heterocycles. The Morgan fingerprint density at radius 2 is 2.20 bits per heavy atom. The van der Waals surface area contributed by atoms with Crippen LogP contribution in [0.15, 0.2) is 28.7 Å². The number of aryl methyl sites for hydroxylation is 1. The Kier molecular flexibility index (Phi) is 4.74. The lowest BCUT2D eigenvalue weighted by Crippen LogP contribution is -2.28. The second-order valence-electron chi connectivity index (χ2n) is 5.78. The summed E-state index contributed by atoms with van der Waals surface area (Å²) in [6, 6.07) is 5.35. The minimum Gasteiger partial charge on any atom is -0.490 e. The Bertz CT molecular complexity index is 814. The van der Waals surface area contributed by atoms with Crippen molar-refractivity contribution in [2.24, 2.45) is 0 Å². The first-order valence-electron chi connectivity index (χ1n) is 8.09. The summed E-state index contributed by atoms with van der Waals surface area (Å²) < 4.78 is 24.8. The highest BCUT2D eigenvalue weighted by molar-refractivity contribution is 5.96. The second-order valence-corrected chi connectivity index (χ2v) is 5.78. The third kappa shape index (κ3) is 3.35. The van der Waals surface area contributed by atoms with Crippen molar-refractivity contribution in [2.75, 3.05) is 6.61 Å². The lowest BCUT2D eigenvalue weighted by Gasteiger charge is -2.18. The Morgan fingerprint density at radius 1 is 1.40 bits per heavy atom. The number of hydrogen-bond acceptors (Lipinski definition) is 4. The fourth-order valence-electron chi connectivity index (χ4n) is 2.93. The average Bonchev–Trinajstić information content (AvgIpc) is 2.93. The third-order valence-electron chi connectivity index (χ3n) is 4.15. The van der Waals surface area contributed by atoms with E-state index in [0.717, 1.165) is 0 Å². The minimum absolute atomic E-state index is 0.0247. The van der Waals surface area contributed by atoms with Crippen molar-refractivity contribution in [1.82, 2.24) is 5.32 Å². The molecule has 2 heterocycles. The van der Waals surface area contributed by atoms with Gasteiger partial charge in [0, 0.05) is 18.1 Å². The maximum atomic E-state index is 14.0. The van der Waals surface area contributed by atoms with Gasteiger partial charge in [-0.2, -0.15) is 0 Å². The summed E-state index contributed by atoms with van der Waals surface area (Å²) in [6.45, 7) is 2.11. The molecule has 0 saturated heterocycles. The Labute approximate surface area is 143 Å². The second kappa shape index (κ2) is 6.96. The number of carboxylic acid groups (broad SMARTS) is 1. The standard InChI is InChI=1S/C18H18FNO5/c1-2-14-11(18(22)23)9-15(25-14)17(21)20-13-7-4-8-24-16-10(13)5-3-6-12(16)19/h3,5-6,9,13H,2,4,7-8H2,1H3,(H,20,21)(H,22,23). The van der Waals surface area contributed by atoms with Gasteiger partial charge in [-0.25, -0.2) is 9.18 Å². The van der Waals surface area contributed by atoms with E-state index in [-0.39, 0.29) is 22.8 Å². The van der Waals surface area contributed by atoms with Crippen molar-refractivity contribution in [3.63, 3.8) is 0 Å². The van der Waals surface area contributed by atoms with Gasteiger partial charge in [-0.15, -0.1) is 0 Å². The molecule has 3 rings (SSSR count). The Morgan fingerprint density at radius 3 is 2.88 bits per heavy atom. The van der Waals surface area contributed by atoms with Crippen molar-refractivity contribution in [3.05, 3.63) is 52.7 Å². The van der Waals surface area contributed by atoms with Crippen molar-refractivity contribution >= 4 is 11.9 Å². The topological polar surface area (TPSA) is 88.8 Å². The highest BCUT2D eigenvalue weighted by Gasteiger charge is 2.26. The van der Waals surface area contributed by atoms with Crippen LogP contribution in [0.25, 0.3) is 0 Å². The lowest BCUT2D eigenvalue weighted by molar-refractivity contribution is 0.0694. The van der Waals surface area contributed by atoms with Gasteiger partial charge in [-0.1, -0.05) is 19.1 Å². The van der Waals surface area contributed by atoms with E-state index in [1.54, 1.807) is 19.1 Å². The van der Waals surface area contributed by atoms with E-state index in [9.17, 15) is 14.0 Å². The van der Waals surface area contributed by atoms with Gasteiger partial charge in [0.1, 0.15) is 11.3 Å². The van der Waals surface area contributed by atoms with Crippen LogP contribution < -0.4 is 10.1 Å². The molecule has 0 bridgehead atoms. The molecule has 7 heteroatoms. The van der Waals surface area contributed by atoms with Gasteiger partial charge < -0.3 is 19.6 Å². The normalized spacial score (nSPS) is 16.5. The minimum atomic E-state index is -1.14. The van der Waals surface area contributed by atoms with Gasteiger partial charge in [-0.3, -0.25) is 4.79 Å². The summed E-state index contributed by atoms with van der Waals surface area (Å²) >= 11 is 0. The lowest BCUT2D eigenvalue weighted by atomic mass is 10.0. The van der Waals surface area contributed by atoms with Crippen LogP contribution in [0.1, 0.15) is 58.0 Å². The summed E-state index contributed by atoms with van der Waals surface area (Å²) in [5.41, 5.74) is 0.537. The first kappa shape index (κ1) is 17.0. The van der Waals surface area contributed by atoms with Crippen LogP contribution in [0.5, 0.6) is 5.75 Å². The van der Waals surface area contributed by atoms with E-state index in [2.05, 4.69) is 5.32 Å². The fraction of sp³-hybridized carbons (Fsp3) is 0.333. The first-order valence-corrected chi connectivity index (χ1v) is 8.09. The monoisotopic (exact) mass is 347 g/mol. The number of benzene rings is 1. The van der Waals surface area contributed by atoms with Gasteiger partial charge >= 0.3 is 5.97 Å². The largest absolute Gasteiger partial charge is 0.490 e. The van der Waals surface area contributed by atoms with E-state index in [4.69, 9.17) is 14.3 Å². The molecular weight excluding hydrogens is 329 g/mol. The van der Waals surface area contributed by atoms with E-state index >= 15 is 0 Å². The van der Waals surface area contributed by atoms with Crippen molar-refractivity contribution in [1.29, 1.82) is 0 Å². The molecule has 0 spiro atoms. The maximum Gasteiger partial charge on any atom is 0.339 e. The number of carbonyl (C=O) groups is 2. The highest BCUT2D eigenvalue weighted by Crippen LogP contribution is 2.33. The zero-order valence-corrected chi connectivity index (χ0v) is 13.7. The first-order chi connectivity index (χ1) is 12.0. The van der Waals surface area contributed by atoms with Gasteiger partial charge in [0.2, 0.25) is 0 Å². The molecule has 6 nitrogen and oxygen atoms in total. The average molecular weight is 347 g/mol. The molecule has 0 aliphatic carbocycles. The van der Waals surface area contributed by atoms with Gasteiger partial charge in [-0.05, 0) is 18.9 Å². The summed E-state index contributed by atoms with van der Waals surface area (Å²) in [5.74, 6) is -1.84. The van der Waals surface area contributed by atoms with Crippen molar-refractivity contribution < 1.29 is 28.2 Å². The molecule has 1 aliphatic heterocycles. The molecule has 132 valence electrons. The van der Waals surface area contributed by atoms with E-state index in [1.165, 1.54) is 12.1 Å². The molecule has 0 saturated carbocycles. The molecule has 0 radical (unpaired) electrons. The molecule has 2 aromatic rings. The molecule has 1 aliphatic rings. The number of furan rings is 1. The van der Waals surface area contributed by atoms with Crippen LogP contribution in [0.4, 0.5) is 4.39 Å². The zero-order chi connectivity index (χ0) is 18.0. The Hall–Kier alpha value is -2.83. The van der Waals surface area contributed by atoms with E-state index in [0.29, 0.717) is 31.4 Å². The molecule has 1 atom stereocenters. The molecule has 25 heavy (non-hydrogen) atoms. The molecule has 1 unspecified atom stereocenters. The number of rotatable bonds is 4. The van der Waals surface area contributed by atoms with Crippen LogP contribution in [0.3, 0.4) is 0 Å². The van der Waals surface area contributed by atoms with Gasteiger partial charge in [0.25, 0.3) is 5.91 Å². The quantitative estimate of drug-likeness (QED) is 0.886. The number of fused-ring (bicyclic) bond motifs is 1. The number of aromatic carboxylic acids is 1. The van der Waals surface area contributed by atoms with Crippen molar-refractivity contribution in [3.8, 4) is 5.75 Å². The molecule has 1 amide bonds. The smallest absolute Gasteiger partial charge is 0.339 e. The highest BCUT2D eigenvalue weighted by atomic mass is 19.1. The Balaban J connectivity index is 1.86. The summed E-state index contributed by atoms with van der Waals surface area (Å²) in [4.78, 5) is 23.7.